The van der Waals surface area contributed by atoms with E-state index >= 15 is 0 Å². The highest BCUT2D eigenvalue weighted by atomic mass is 35.5. The zero-order valence-electron chi connectivity index (χ0n) is 9.13. The Balaban J connectivity index is 2.81. The summed E-state index contributed by atoms with van der Waals surface area (Å²) in [4.78, 5) is 11.6. The maximum Gasteiger partial charge on any atom is 0.241 e. The molecule has 1 amide bonds. The van der Waals surface area contributed by atoms with Crippen LogP contribution in [0.2, 0.25) is 5.02 Å². The molecule has 0 aliphatic rings. The van der Waals surface area contributed by atoms with Crippen LogP contribution in [0.4, 0.5) is 10.1 Å². The van der Waals surface area contributed by atoms with Crippen LogP contribution in [0.3, 0.4) is 0 Å². The first-order chi connectivity index (χ1) is 7.43. The van der Waals surface area contributed by atoms with E-state index in [0.717, 1.165) is 0 Å². The van der Waals surface area contributed by atoms with E-state index in [1.165, 1.54) is 12.1 Å². The molecule has 1 unspecified atom stereocenters. The summed E-state index contributed by atoms with van der Waals surface area (Å²) in [6.45, 7) is 3.64. The van der Waals surface area contributed by atoms with E-state index in [-0.39, 0.29) is 16.6 Å². The van der Waals surface area contributed by atoms with Crippen molar-refractivity contribution in [3.8, 4) is 0 Å². The largest absolute Gasteiger partial charge is 0.322 e. The summed E-state index contributed by atoms with van der Waals surface area (Å²) in [5.74, 6) is -1.08. The Morgan fingerprint density at radius 3 is 2.69 bits per heavy atom. The zero-order valence-corrected chi connectivity index (χ0v) is 9.88. The first-order valence-corrected chi connectivity index (χ1v) is 5.31. The molecule has 0 spiro atoms. The molecule has 0 aliphatic heterocycles. The van der Waals surface area contributed by atoms with Crippen molar-refractivity contribution in [3.63, 3.8) is 0 Å². The van der Waals surface area contributed by atoms with Crippen LogP contribution in [-0.4, -0.2) is 11.9 Å². The van der Waals surface area contributed by atoms with Gasteiger partial charge in [-0.1, -0.05) is 31.5 Å². The first-order valence-electron chi connectivity index (χ1n) is 4.94. The normalized spacial score (nSPS) is 12.6. The van der Waals surface area contributed by atoms with Gasteiger partial charge in [-0.05, 0) is 18.1 Å². The zero-order chi connectivity index (χ0) is 12.3. The summed E-state index contributed by atoms with van der Waals surface area (Å²) in [6, 6.07) is 3.74. The Morgan fingerprint density at radius 2 is 2.12 bits per heavy atom. The lowest BCUT2D eigenvalue weighted by atomic mass is 10.0. The lowest BCUT2D eigenvalue weighted by Crippen LogP contribution is -2.39. The molecule has 3 nitrogen and oxygen atoms in total. The third-order valence-corrected chi connectivity index (χ3v) is 2.52. The fourth-order valence-electron chi connectivity index (χ4n) is 1.12. The molecule has 1 rings (SSSR count). The van der Waals surface area contributed by atoms with Crippen LogP contribution in [0.5, 0.6) is 0 Å². The SMILES string of the molecule is CC(C)C(N)C(=O)Nc1cccc(Cl)c1F. The molecule has 0 aromatic heterocycles. The maximum atomic E-state index is 13.4. The van der Waals surface area contributed by atoms with Crippen molar-refractivity contribution in [3.05, 3.63) is 29.0 Å². The molecule has 1 aromatic carbocycles. The molecular weight excluding hydrogens is 231 g/mol. The van der Waals surface area contributed by atoms with E-state index in [9.17, 15) is 9.18 Å². The number of rotatable bonds is 3. The molecule has 0 bridgehead atoms. The number of amides is 1. The maximum absolute atomic E-state index is 13.4. The highest BCUT2D eigenvalue weighted by Gasteiger charge is 2.18. The van der Waals surface area contributed by atoms with Crippen molar-refractivity contribution in [2.75, 3.05) is 5.32 Å². The van der Waals surface area contributed by atoms with Crippen molar-refractivity contribution in [1.29, 1.82) is 0 Å². The molecule has 0 heterocycles. The van der Waals surface area contributed by atoms with E-state index in [4.69, 9.17) is 17.3 Å². The molecule has 3 N–H and O–H groups in total. The summed E-state index contributed by atoms with van der Waals surface area (Å²) in [7, 11) is 0. The molecule has 0 fully saturated rings. The molecule has 1 aromatic rings. The van der Waals surface area contributed by atoms with Gasteiger partial charge in [0.15, 0.2) is 5.82 Å². The molecular formula is C11H14ClFN2O. The second-order valence-electron chi connectivity index (χ2n) is 3.86. The van der Waals surface area contributed by atoms with Crippen molar-refractivity contribution in [2.45, 2.75) is 19.9 Å². The smallest absolute Gasteiger partial charge is 0.241 e. The minimum Gasteiger partial charge on any atom is -0.322 e. The van der Waals surface area contributed by atoms with Gasteiger partial charge >= 0.3 is 0 Å². The second kappa shape index (κ2) is 5.27. The molecule has 0 radical (unpaired) electrons. The van der Waals surface area contributed by atoms with Crippen LogP contribution in [0.15, 0.2) is 18.2 Å². The molecule has 5 heteroatoms. The van der Waals surface area contributed by atoms with Gasteiger partial charge in [0.2, 0.25) is 5.91 Å². The van der Waals surface area contributed by atoms with Gasteiger partial charge in [0.25, 0.3) is 0 Å². The van der Waals surface area contributed by atoms with Crippen molar-refractivity contribution < 1.29 is 9.18 Å². The first kappa shape index (κ1) is 12.9. The summed E-state index contributed by atoms with van der Waals surface area (Å²) in [6.07, 6.45) is 0. The highest BCUT2D eigenvalue weighted by molar-refractivity contribution is 6.31. The third-order valence-electron chi connectivity index (χ3n) is 2.23. The van der Waals surface area contributed by atoms with Crippen LogP contribution in [0, 0.1) is 11.7 Å². The average Bonchev–Trinajstić information content (AvgIpc) is 2.23. The van der Waals surface area contributed by atoms with E-state index in [1.807, 2.05) is 13.8 Å². The molecule has 0 saturated carbocycles. The summed E-state index contributed by atoms with van der Waals surface area (Å²) < 4.78 is 13.4. The van der Waals surface area contributed by atoms with E-state index < -0.39 is 17.8 Å². The summed E-state index contributed by atoms with van der Waals surface area (Å²) in [5, 5.41) is 2.38. The molecule has 1 atom stereocenters. The van der Waals surface area contributed by atoms with Gasteiger partial charge in [-0.2, -0.15) is 0 Å². The lowest BCUT2D eigenvalue weighted by Gasteiger charge is -2.15. The number of hydrogen-bond acceptors (Lipinski definition) is 2. The number of carbonyl (C=O) groups is 1. The lowest BCUT2D eigenvalue weighted by molar-refractivity contribution is -0.118. The summed E-state index contributed by atoms with van der Waals surface area (Å²) >= 11 is 5.58. The minimum absolute atomic E-state index is 0.0118. The molecule has 0 saturated heterocycles. The molecule has 0 aliphatic carbocycles. The van der Waals surface area contributed by atoms with Crippen LogP contribution in [0.25, 0.3) is 0 Å². The predicted octanol–water partition coefficient (Wildman–Crippen LogP) is 2.40. The number of hydrogen-bond donors (Lipinski definition) is 2. The fraction of sp³-hybridized carbons (Fsp3) is 0.364. The third kappa shape index (κ3) is 2.93. The van der Waals surface area contributed by atoms with Crippen molar-refractivity contribution in [1.82, 2.24) is 0 Å². The van der Waals surface area contributed by atoms with Gasteiger partial charge in [-0.15, -0.1) is 0 Å². The number of anilines is 1. The number of nitrogens with one attached hydrogen (secondary N) is 1. The van der Waals surface area contributed by atoms with Gasteiger partial charge in [0.05, 0.1) is 16.8 Å². The number of halogens is 2. The molecule has 16 heavy (non-hydrogen) atoms. The van der Waals surface area contributed by atoms with E-state index in [0.29, 0.717) is 0 Å². The van der Waals surface area contributed by atoms with Crippen molar-refractivity contribution >= 4 is 23.2 Å². The van der Waals surface area contributed by atoms with Gasteiger partial charge in [-0.3, -0.25) is 4.79 Å². The van der Waals surface area contributed by atoms with Gasteiger partial charge in [0, 0.05) is 0 Å². The number of benzene rings is 1. The van der Waals surface area contributed by atoms with Crippen LogP contribution >= 0.6 is 11.6 Å². The predicted molar refractivity (Wildman–Crippen MR) is 62.9 cm³/mol. The average molecular weight is 245 g/mol. The monoisotopic (exact) mass is 244 g/mol. The standard InChI is InChI=1S/C11H14ClFN2O/c1-6(2)10(14)11(16)15-8-5-3-4-7(12)9(8)13/h3-6,10H,14H2,1-2H3,(H,15,16). The Kier molecular flexibility index (Phi) is 4.26. The minimum atomic E-state index is -0.668. The Morgan fingerprint density at radius 1 is 1.50 bits per heavy atom. The topological polar surface area (TPSA) is 55.1 Å². The number of nitrogens with two attached hydrogens (primary N) is 1. The van der Waals surface area contributed by atoms with Crippen molar-refractivity contribution in [2.24, 2.45) is 11.7 Å². The van der Waals surface area contributed by atoms with E-state index in [1.54, 1.807) is 6.07 Å². The Labute approximate surface area is 98.8 Å². The van der Waals surface area contributed by atoms with Crippen LogP contribution in [0.1, 0.15) is 13.8 Å². The molecule has 88 valence electrons. The highest BCUT2D eigenvalue weighted by Crippen LogP contribution is 2.22. The Bertz CT molecular complexity index is 396. The number of carbonyl (C=O) groups excluding carboxylic acids is 1. The quantitative estimate of drug-likeness (QED) is 0.858. The van der Waals surface area contributed by atoms with Gasteiger partial charge in [0.1, 0.15) is 0 Å². The van der Waals surface area contributed by atoms with Gasteiger partial charge in [-0.25, -0.2) is 4.39 Å². The van der Waals surface area contributed by atoms with Gasteiger partial charge < -0.3 is 11.1 Å². The van der Waals surface area contributed by atoms with Crippen LogP contribution in [-0.2, 0) is 4.79 Å². The van der Waals surface area contributed by atoms with Crippen LogP contribution < -0.4 is 11.1 Å². The second-order valence-corrected chi connectivity index (χ2v) is 4.27. The van der Waals surface area contributed by atoms with E-state index in [2.05, 4.69) is 5.32 Å². The fourth-order valence-corrected chi connectivity index (χ4v) is 1.29. The Hall–Kier alpha value is -1.13. The summed E-state index contributed by atoms with van der Waals surface area (Å²) in [5.41, 5.74) is 5.68.